The van der Waals surface area contributed by atoms with Crippen LogP contribution in [-0.4, -0.2) is 28.1 Å². The van der Waals surface area contributed by atoms with Crippen molar-refractivity contribution in [2.75, 3.05) is 0 Å². The number of carbonyl (C=O) groups is 2. The lowest BCUT2D eigenvalue weighted by molar-refractivity contribution is -0.136. The second kappa shape index (κ2) is 13.1. The van der Waals surface area contributed by atoms with Gasteiger partial charge in [0, 0.05) is 18.3 Å². The molecule has 0 radical (unpaired) electrons. The highest BCUT2D eigenvalue weighted by Gasteiger charge is 2.26. The molecule has 3 atom stereocenters. The summed E-state index contributed by atoms with van der Waals surface area (Å²) in [7, 11) is 0. The molecule has 1 aliphatic carbocycles. The molecule has 0 aromatic heterocycles. The summed E-state index contributed by atoms with van der Waals surface area (Å²) in [5.74, 6) is -0.615. The Kier molecular flexibility index (Phi) is 11.0. The number of carboxylic acids is 1. The molecule has 0 fully saturated rings. The Morgan fingerprint density at radius 1 is 1.15 bits per heavy atom. The monoisotopic (exact) mass is 358 g/mol. The number of carboxylic acid groups (broad SMARTS) is 1. The van der Waals surface area contributed by atoms with E-state index < -0.39 is 12.1 Å². The summed E-state index contributed by atoms with van der Waals surface area (Å²) in [5.41, 5.74) is 0. The van der Waals surface area contributed by atoms with E-state index in [9.17, 15) is 14.7 Å². The zero-order chi connectivity index (χ0) is 19.2. The smallest absolute Gasteiger partial charge is 0.303 e. The first-order valence-corrected chi connectivity index (χ1v) is 9.29. The molecule has 2 N–H and O–H groups in total. The summed E-state index contributed by atoms with van der Waals surface area (Å²) < 4.78 is 0. The van der Waals surface area contributed by atoms with Crippen LogP contribution in [0.2, 0.25) is 0 Å². The van der Waals surface area contributed by atoms with Crippen LogP contribution in [0, 0.1) is 11.8 Å². The van der Waals surface area contributed by atoms with Gasteiger partial charge in [-0.05, 0) is 38.2 Å². The van der Waals surface area contributed by atoms with Crippen LogP contribution < -0.4 is 0 Å². The number of aliphatic hydroxyl groups excluding tert-OH is 1. The van der Waals surface area contributed by atoms with Gasteiger partial charge in [0.2, 0.25) is 0 Å². The quantitative estimate of drug-likeness (QED) is 0.507. The summed E-state index contributed by atoms with van der Waals surface area (Å²) in [6.45, 7) is 1.92. The van der Waals surface area contributed by atoms with Gasteiger partial charge in [-0.25, -0.2) is 0 Å². The molecular weight excluding hydrogens is 328 g/mol. The van der Waals surface area contributed by atoms with Gasteiger partial charge in [0.05, 0.1) is 6.10 Å². The Morgan fingerprint density at radius 3 is 2.46 bits per heavy atom. The highest BCUT2D eigenvalue weighted by Crippen LogP contribution is 2.27. The molecule has 0 heterocycles. The van der Waals surface area contributed by atoms with E-state index in [2.05, 4.69) is 12.2 Å². The van der Waals surface area contributed by atoms with Crippen molar-refractivity contribution in [1.29, 1.82) is 0 Å². The molecule has 0 aliphatic heterocycles. The summed E-state index contributed by atoms with van der Waals surface area (Å²) in [4.78, 5) is 22.3. The highest BCUT2D eigenvalue weighted by molar-refractivity contribution is 5.95. The third-order valence-corrected chi connectivity index (χ3v) is 4.25. The van der Waals surface area contributed by atoms with Crippen LogP contribution in [0.15, 0.2) is 60.8 Å². The Labute approximate surface area is 156 Å². The second-order valence-corrected chi connectivity index (χ2v) is 6.36. The van der Waals surface area contributed by atoms with Crippen molar-refractivity contribution in [2.45, 2.75) is 51.6 Å². The Hall–Kier alpha value is -2.20. The molecule has 0 saturated carbocycles. The molecule has 4 heteroatoms. The van der Waals surface area contributed by atoms with Crippen LogP contribution in [0.4, 0.5) is 0 Å². The molecule has 0 amide bonds. The molecule has 4 nitrogen and oxygen atoms in total. The third-order valence-electron chi connectivity index (χ3n) is 4.25. The predicted molar refractivity (Wildman–Crippen MR) is 105 cm³/mol. The van der Waals surface area contributed by atoms with Gasteiger partial charge in [0.15, 0.2) is 5.78 Å². The van der Waals surface area contributed by atoms with Gasteiger partial charge >= 0.3 is 5.97 Å². The molecule has 26 heavy (non-hydrogen) atoms. The van der Waals surface area contributed by atoms with E-state index >= 15 is 0 Å². The minimum absolute atomic E-state index is 0.0623. The van der Waals surface area contributed by atoms with Crippen LogP contribution >= 0.6 is 0 Å². The van der Waals surface area contributed by atoms with Crippen molar-refractivity contribution in [3.05, 3.63) is 60.8 Å². The van der Waals surface area contributed by atoms with Crippen LogP contribution in [0.3, 0.4) is 0 Å². The molecule has 0 aromatic rings. The van der Waals surface area contributed by atoms with Crippen molar-refractivity contribution in [1.82, 2.24) is 0 Å². The lowest BCUT2D eigenvalue weighted by Gasteiger charge is -2.13. The van der Waals surface area contributed by atoms with E-state index in [-0.39, 0.29) is 24.0 Å². The number of hydrogen-bond acceptors (Lipinski definition) is 3. The summed E-state index contributed by atoms with van der Waals surface area (Å²) in [6.07, 6.45) is 22.6. The second-order valence-electron chi connectivity index (χ2n) is 6.36. The molecule has 0 saturated heterocycles. The molecule has 142 valence electrons. The number of hydrogen-bond donors (Lipinski definition) is 2. The van der Waals surface area contributed by atoms with Gasteiger partial charge in [-0.2, -0.15) is 0 Å². The van der Waals surface area contributed by atoms with Crippen LogP contribution in [0.5, 0.6) is 0 Å². The van der Waals surface area contributed by atoms with Gasteiger partial charge in [-0.15, -0.1) is 0 Å². The molecule has 0 bridgehead atoms. The number of rotatable bonds is 12. The molecule has 1 aliphatic rings. The number of aliphatic hydroxyl groups is 1. The summed E-state index contributed by atoms with van der Waals surface area (Å²) >= 11 is 0. The predicted octanol–water partition coefficient (Wildman–Crippen LogP) is 4.39. The first-order valence-electron chi connectivity index (χ1n) is 9.29. The van der Waals surface area contributed by atoms with Gasteiger partial charge in [-0.1, -0.05) is 61.6 Å². The van der Waals surface area contributed by atoms with Crippen molar-refractivity contribution in [3.63, 3.8) is 0 Å². The minimum atomic E-state index is -0.773. The van der Waals surface area contributed by atoms with Crippen molar-refractivity contribution in [2.24, 2.45) is 11.8 Å². The van der Waals surface area contributed by atoms with E-state index in [0.29, 0.717) is 19.3 Å². The zero-order valence-corrected chi connectivity index (χ0v) is 15.5. The Bertz CT molecular complexity index is 581. The molecular formula is C22H30O4. The maximum atomic E-state index is 12.0. The van der Waals surface area contributed by atoms with E-state index in [1.165, 1.54) is 0 Å². The maximum Gasteiger partial charge on any atom is 0.303 e. The van der Waals surface area contributed by atoms with Gasteiger partial charge < -0.3 is 10.2 Å². The van der Waals surface area contributed by atoms with Crippen LogP contribution in [0.1, 0.15) is 45.4 Å². The maximum absolute atomic E-state index is 12.0. The average molecular weight is 358 g/mol. The summed E-state index contributed by atoms with van der Waals surface area (Å²) in [6, 6.07) is 0. The Balaban J connectivity index is 2.27. The number of carbonyl (C=O) groups excluding carboxylic acids is 1. The van der Waals surface area contributed by atoms with Crippen molar-refractivity contribution in [3.8, 4) is 0 Å². The largest absolute Gasteiger partial charge is 0.481 e. The number of allylic oxidation sites excluding steroid dienone is 9. The zero-order valence-electron chi connectivity index (χ0n) is 15.5. The molecule has 0 unspecified atom stereocenters. The number of ketones is 1. The molecule has 0 spiro atoms. The Morgan fingerprint density at radius 2 is 1.81 bits per heavy atom. The third kappa shape index (κ3) is 9.33. The first kappa shape index (κ1) is 21.8. The van der Waals surface area contributed by atoms with Gasteiger partial charge in [0.1, 0.15) is 0 Å². The van der Waals surface area contributed by atoms with Crippen LogP contribution in [-0.2, 0) is 9.59 Å². The lowest BCUT2D eigenvalue weighted by Crippen LogP contribution is -2.14. The van der Waals surface area contributed by atoms with Crippen molar-refractivity contribution < 1.29 is 19.8 Å². The van der Waals surface area contributed by atoms with Crippen LogP contribution in [0.25, 0.3) is 0 Å². The summed E-state index contributed by atoms with van der Waals surface area (Å²) in [5, 5.41) is 18.1. The fraction of sp³-hybridized carbons (Fsp3) is 0.455. The molecule has 1 rings (SSSR count). The highest BCUT2D eigenvalue weighted by atomic mass is 16.4. The van der Waals surface area contributed by atoms with E-state index in [1.54, 1.807) is 12.2 Å². The topological polar surface area (TPSA) is 74.6 Å². The first-order chi connectivity index (χ1) is 12.5. The fourth-order valence-corrected chi connectivity index (χ4v) is 2.63. The van der Waals surface area contributed by atoms with E-state index in [0.717, 1.165) is 12.8 Å². The van der Waals surface area contributed by atoms with Gasteiger partial charge in [0.25, 0.3) is 0 Å². The van der Waals surface area contributed by atoms with Crippen molar-refractivity contribution >= 4 is 11.8 Å². The average Bonchev–Trinajstić information content (AvgIpc) is 2.97. The standard InChI is InChI=1S/C22H30O4/c1-2-19(23)16-14-18-15-17-21(24)20(18)12-10-8-6-4-3-5-7-9-11-13-22(25)26/h3-4,7-10,14-20,23H,2,5-6,11-13H2,1H3,(H,25,26)/b4-3-,9-7-,10-8-,16-14+/t18-,19-,20+/m1/s1. The lowest BCUT2D eigenvalue weighted by atomic mass is 9.90. The van der Waals surface area contributed by atoms with E-state index in [4.69, 9.17) is 5.11 Å². The van der Waals surface area contributed by atoms with E-state index in [1.807, 2.05) is 43.4 Å². The minimum Gasteiger partial charge on any atom is -0.481 e. The van der Waals surface area contributed by atoms with Gasteiger partial charge in [-0.3, -0.25) is 9.59 Å². The molecule has 0 aromatic carbocycles. The number of aliphatic carboxylic acids is 1. The normalized spacial score (nSPS) is 21.8. The fourth-order valence-electron chi connectivity index (χ4n) is 2.63. The SMILES string of the molecule is CC[C@@H](O)/C=C/[C@@H]1C=CC(=O)[C@H]1C/C=C\C/C=C\C/C=C\CCC(=O)O.